The third-order valence-corrected chi connectivity index (χ3v) is 3.56. The van der Waals surface area contributed by atoms with E-state index in [1.54, 1.807) is 25.4 Å². The highest BCUT2D eigenvalue weighted by atomic mass is 19.1. The number of pyridine rings is 1. The maximum Gasteiger partial charge on any atom is 0.191 e. The van der Waals surface area contributed by atoms with Crippen molar-refractivity contribution < 1.29 is 4.39 Å². The van der Waals surface area contributed by atoms with Gasteiger partial charge in [-0.15, -0.1) is 0 Å². The van der Waals surface area contributed by atoms with E-state index < -0.39 is 0 Å². The third kappa shape index (κ3) is 5.22. The van der Waals surface area contributed by atoms with Crippen LogP contribution in [-0.4, -0.2) is 38.6 Å². The van der Waals surface area contributed by atoms with Crippen LogP contribution in [-0.2, 0) is 13.0 Å². The Balaban J connectivity index is 1.85. The van der Waals surface area contributed by atoms with Gasteiger partial charge in [-0.2, -0.15) is 0 Å². The lowest BCUT2D eigenvalue weighted by molar-refractivity contribution is 0.625. The number of nitrogens with zero attached hydrogens (tertiary/aromatic N) is 3. The zero-order valence-electron chi connectivity index (χ0n) is 14.4. The summed E-state index contributed by atoms with van der Waals surface area (Å²) >= 11 is 0. The first-order valence-electron chi connectivity index (χ1n) is 7.90. The van der Waals surface area contributed by atoms with Crippen LogP contribution in [0, 0.1) is 5.82 Å². The number of rotatable bonds is 6. The smallest absolute Gasteiger partial charge is 0.191 e. The predicted molar refractivity (Wildman–Crippen MR) is 96.9 cm³/mol. The molecule has 5 nitrogen and oxygen atoms in total. The lowest BCUT2D eigenvalue weighted by Crippen LogP contribution is -2.38. The number of benzene rings is 1. The molecule has 1 aromatic carbocycles. The van der Waals surface area contributed by atoms with Crippen LogP contribution in [0.5, 0.6) is 0 Å². The number of halogens is 1. The van der Waals surface area contributed by atoms with Crippen molar-refractivity contribution in [1.82, 2.24) is 15.6 Å². The third-order valence-electron chi connectivity index (χ3n) is 3.56. The van der Waals surface area contributed by atoms with Crippen molar-refractivity contribution in [3.8, 4) is 0 Å². The Labute approximate surface area is 142 Å². The van der Waals surface area contributed by atoms with E-state index in [-0.39, 0.29) is 5.82 Å². The van der Waals surface area contributed by atoms with Crippen LogP contribution in [0.4, 0.5) is 10.2 Å². The molecule has 0 aliphatic heterocycles. The monoisotopic (exact) mass is 329 g/mol. The van der Waals surface area contributed by atoms with Gasteiger partial charge in [-0.1, -0.05) is 18.2 Å². The SMILES string of the molecule is CN=C(NCCc1cccc(F)c1)NCc1cccnc1N(C)C. The standard InChI is InChI=1S/C18H24FN5/c1-20-18(22-11-9-14-6-4-8-16(19)12-14)23-13-15-7-5-10-21-17(15)24(2)3/h4-8,10,12H,9,11,13H2,1-3H3,(H2,20,22,23). The first-order valence-corrected chi connectivity index (χ1v) is 7.90. The van der Waals surface area contributed by atoms with E-state index >= 15 is 0 Å². The van der Waals surface area contributed by atoms with Crippen molar-refractivity contribution >= 4 is 11.8 Å². The van der Waals surface area contributed by atoms with Gasteiger partial charge in [0.05, 0.1) is 0 Å². The number of anilines is 1. The van der Waals surface area contributed by atoms with E-state index in [9.17, 15) is 4.39 Å². The van der Waals surface area contributed by atoms with Crippen molar-refractivity contribution in [3.05, 3.63) is 59.5 Å². The normalized spacial score (nSPS) is 11.2. The molecule has 0 bridgehead atoms. The van der Waals surface area contributed by atoms with E-state index in [1.807, 2.05) is 37.2 Å². The van der Waals surface area contributed by atoms with Gasteiger partial charge in [0.2, 0.25) is 0 Å². The number of hydrogen-bond donors (Lipinski definition) is 2. The average molecular weight is 329 g/mol. The van der Waals surface area contributed by atoms with Crippen molar-refractivity contribution in [2.45, 2.75) is 13.0 Å². The Morgan fingerprint density at radius 1 is 1.21 bits per heavy atom. The molecule has 2 N–H and O–H groups in total. The first kappa shape index (κ1) is 17.7. The molecule has 1 aromatic heterocycles. The van der Waals surface area contributed by atoms with E-state index in [0.29, 0.717) is 19.0 Å². The highest BCUT2D eigenvalue weighted by Gasteiger charge is 2.06. The van der Waals surface area contributed by atoms with Gasteiger partial charge in [-0.05, 0) is 30.2 Å². The van der Waals surface area contributed by atoms with Gasteiger partial charge in [0.25, 0.3) is 0 Å². The van der Waals surface area contributed by atoms with Crippen molar-refractivity contribution in [2.24, 2.45) is 4.99 Å². The fourth-order valence-electron chi connectivity index (χ4n) is 2.39. The second kappa shape index (κ2) is 8.86. The number of nitrogens with one attached hydrogen (secondary N) is 2. The second-order valence-corrected chi connectivity index (χ2v) is 5.61. The van der Waals surface area contributed by atoms with Crippen LogP contribution in [0.1, 0.15) is 11.1 Å². The second-order valence-electron chi connectivity index (χ2n) is 5.61. The molecule has 0 saturated heterocycles. The lowest BCUT2D eigenvalue weighted by Gasteiger charge is -2.17. The van der Waals surface area contributed by atoms with Gasteiger partial charge in [-0.3, -0.25) is 4.99 Å². The van der Waals surface area contributed by atoms with Gasteiger partial charge < -0.3 is 15.5 Å². The Morgan fingerprint density at radius 3 is 2.75 bits per heavy atom. The Morgan fingerprint density at radius 2 is 2.04 bits per heavy atom. The summed E-state index contributed by atoms with van der Waals surface area (Å²) < 4.78 is 13.2. The quantitative estimate of drug-likeness (QED) is 0.630. The van der Waals surface area contributed by atoms with E-state index in [2.05, 4.69) is 20.6 Å². The predicted octanol–water partition coefficient (Wildman–Crippen LogP) is 2.19. The molecule has 0 amide bonds. The summed E-state index contributed by atoms with van der Waals surface area (Å²) in [5.41, 5.74) is 2.05. The Hall–Kier alpha value is -2.63. The molecule has 0 spiro atoms. The molecule has 0 atom stereocenters. The zero-order chi connectivity index (χ0) is 17.4. The number of guanidine groups is 1. The molecule has 1 heterocycles. The molecule has 0 fully saturated rings. The minimum atomic E-state index is -0.206. The molecule has 0 saturated carbocycles. The van der Waals surface area contributed by atoms with Gasteiger partial charge >= 0.3 is 0 Å². The van der Waals surface area contributed by atoms with Gasteiger partial charge in [0.1, 0.15) is 11.6 Å². The van der Waals surface area contributed by atoms with Crippen molar-refractivity contribution in [2.75, 3.05) is 32.6 Å². The Kier molecular flexibility index (Phi) is 6.54. The highest BCUT2D eigenvalue weighted by molar-refractivity contribution is 5.79. The minimum Gasteiger partial charge on any atom is -0.362 e. The summed E-state index contributed by atoms with van der Waals surface area (Å²) in [4.78, 5) is 10.6. The van der Waals surface area contributed by atoms with Crippen LogP contribution in [0.25, 0.3) is 0 Å². The average Bonchev–Trinajstić information content (AvgIpc) is 2.58. The molecule has 0 radical (unpaired) electrons. The van der Waals surface area contributed by atoms with Crippen LogP contribution >= 0.6 is 0 Å². The highest BCUT2D eigenvalue weighted by Crippen LogP contribution is 2.13. The number of aromatic nitrogens is 1. The van der Waals surface area contributed by atoms with Crippen LogP contribution in [0.2, 0.25) is 0 Å². The largest absolute Gasteiger partial charge is 0.362 e. The summed E-state index contributed by atoms with van der Waals surface area (Å²) in [6, 6.07) is 10.6. The molecule has 2 rings (SSSR count). The van der Waals surface area contributed by atoms with E-state index in [0.717, 1.165) is 23.4 Å². The summed E-state index contributed by atoms with van der Waals surface area (Å²) in [5.74, 6) is 1.43. The van der Waals surface area contributed by atoms with Crippen LogP contribution < -0.4 is 15.5 Å². The molecule has 6 heteroatoms. The van der Waals surface area contributed by atoms with E-state index in [4.69, 9.17) is 0 Å². The van der Waals surface area contributed by atoms with Gasteiger partial charge in [0.15, 0.2) is 5.96 Å². The molecular formula is C18H24FN5. The molecule has 128 valence electrons. The summed E-state index contributed by atoms with van der Waals surface area (Å²) in [5, 5.41) is 6.52. The fraction of sp³-hybridized carbons (Fsp3) is 0.333. The maximum atomic E-state index is 13.2. The molecule has 0 aliphatic rings. The topological polar surface area (TPSA) is 52.6 Å². The molecule has 0 unspecified atom stereocenters. The number of aliphatic imine (C=N–C) groups is 1. The molecular weight excluding hydrogens is 305 g/mol. The van der Waals surface area contributed by atoms with Gasteiger partial charge in [-0.25, -0.2) is 9.37 Å². The molecule has 0 aliphatic carbocycles. The van der Waals surface area contributed by atoms with E-state index in [1.165, 1.54) is 6.07 Å². The summed E-state index contributed by atoms with van der Waals surface area (Å²) in [6.07, 6.45) is 2.51. The van der Waals surface area contributed by atoms with Crippen molar-refractivity contribution in [3.63, 3.8) is 0 Å². The summed E-state index contributed by atoms with van der Waals surface area (Å²) in [6.45, 7) is 1.30. The molecule has 24 heavy (non-hydrogen) atoms. The zero-order valence-corrected chi connectivity index (χ0v) is 14.4. The Bertz CT molecular complexity index is 685. The lowest BCUT2D eigenvalue weighted by atomic mass is 10.1. The van der Waals surface area contributed by atoms with Crippen molar-refractivity contribution in [1.29, 1.82) is 0 Å². The fourth-order valence-corrected chi connectivity index (χ4v) is 2.39. The van der Waals surface area contributed by atoms with Crippen LogP contribution in [0.15, 0.2) is 47.6 Å². The molecule has 2 aromatic rings. The van der Waals surface area contributed by atoms with Crippen LogP contribution in [0.3, 0.4) is 0 Å². The summed E-state index contributed by atoms with van der Waals surface area (Å²) in [7, 11) is 5.67. The van der Waals surface area contributed by atoms with Gasteiger partial charge in [0, 0.05) is 46.0 Å². The first-order chi connectivity index (χ1) is 11.6. The number of hydrogen-bond acceptors (Lipinski definition) is 3. The minimum absolute atomic E-state index is 0.206. The maximum absolute atomic E-state index is 13.2.